The van der Waals surface area contributed by atoms with E-state index in [1.165, 1.54) is 11.8 Å². The summed E-state index contributed by atoms with van der Waals surface area (Å²) in [6, 6.07) is 18.6. The minimum Gasteiger partial charge on any atom is -0.484 e. The molecule has 4 rings (SSSR count). The third kappa shape index (κ3) is 6.50. The van der Waals surface area contributed by atoms with Gasteiger partial charge in [-0.2, -0.15) is 0 Å². The number of hydrogen-bond donors (Lipinski definition) is 0. The fraction of sp³-hybridized carbons (Fsp3) is 0.296. The molecule has 0 saturated carbocycles. The van der Waals surface area contributed by atoms with Gasteiger partial charge in [0, 0.05) is 32.4 Å². The van der Waals surface area contributed by atoms with Crippen LogP contribution in [0.4, 0.5) is 5.82 Å². The van der Waals surface area contributed by atoms with Crippen LogP contribution in [0.2, 0.25) is 0 Å². The number of esters is 1. The number of ether oxygens (including phenoxy) is 3. The summed E-state index contributed by atoms with van der Waals surface area (Å²) < 4.78 is 16.5. The SMILES string of the molecule is CCOC(=O)c1ccc(N2CCN(C(=O)COc3ccc(Oc4ccc(C)cc4)cc3)CC2)nc1. The molecule has 8 nitrogen and oxygen atoms in total. The van der Waals surface area contributed by atoms with Crippen LogP contribution in [0, 0.1) is 6.92 Å². The molecule has 3 aromatic rings. The Morgan fingerprint density at radius 2 is 1.49 bits per heavy atom. The van der Waals surface area contributed by atoms with Crippen molar-refractivity contribution in [3.05, 3.63) is 78.0 Å². The maximum atomic E-state index is 12.6. The molecule has 182 valence electrons. The van der Waals surface area contributed by atoms with Crippen LogP contribution in [0.1, 0.15) is 22.8 Å². The van der Waals surface area contributed by atoms with E-state index in [4.69, 9.17) is 14.2 Å². The van der Waals surface area contributed by atoms with Crippen molar-refractivity contribution in [2.75, 3.05) is 44.3 Å². The average Bonchev–Trinajstić information content (AvgIpc) is 2.90. The lowest BCUT2D eigenvalue weighted by Gasteiger charge is -2.35. The number of anilines is 1. The summed E-state index contributed by atoms with van der Waals surface area (Å²) in [5, 5.41) is 0. The van der Waals surface area contributed by atoms with Gasteiger partial charge in [0.15, 0.2) is 6.61 Å². The second kappa shape index (κ2) is 11.4. The molecule has 0 aliphatic carbocycles. The van der Waals surface area contributed by atoms with Crippen molar-refractivity contribution in [3.8, 4) is 17.2 Å². The summed E-state index contributed by atoms with van der Waals surface area (Å²) in [5.74, 6) is 2.41. The van der Waals surface area contributed by atoms with E-state index in [0.29, 0.717) is 49.8 Å². The van der Waals surface area contributed by atoms with Crippen LogP contribution >= 0.6 is 0 Å². The van der Waals surface area contributed by atoms with Gasteiger partial charge in [0.25, 0.3) is 5.91 Å². The lowest BCUT2D eigenvalue weighted by molar-refractivity contribution is -0.133. The van der Waals surface area contributed by atoms with E-state index in [1.54, 1.807) is 36.1 Å². The van der Waals surface area contributed by atoms with Crippen LogP contribution in [0.15, 0.2) is 66.9 Å². The third-order valence-corrected chi connectivity index (χ3v) is 5.66. The van der Waals surface area contributed by atoms with Crippen LogP contribution in [-0.4, -0.2) is 61.2 Å². The first-order valence-electron chi connectivity index (χ1n) is 11.6. The van der Waals surface area contributed by atoms with Gasteiger partial charge in [0.1, 0.15) is 23.1 Å². The van der Waals surface area contributed by atoms with Crippen LogP contribution < -0.4 is 14.4 Å². The van der Waals surface area contributed by atoms with Crippen molar-refractivity contribution >= 4 is 17.7 Å². The summed E-state index contributed by atoms with van der Waals surface area (Å²) in [7, 11) is 0. The summed E-state index contributed by atoms with van der Waals surface area (Å²) in [5.41, 5.74) is 1.60. The standard InChI is InChI=1S/C27H29N3O5/c1-3-33-27(32)21-6-13-25(28-18-21)29-14-16-30(17-15-29)26(31)19-34-22-9-11-24(12-10-22)35-23-7-4-20(2)5-8-23/h4-13,18H,3,14-17,19H2,1-2H3. The number of piperazine rings is 1. The number of rotatable bonds is 8. The second-order valence-electron chi connectivity index (χ2n) is 8.17. The Balaban J connectivity index is 1.22. The maximum absolute atomic E-state index is 12.6. The number of aryl methyl sites for hydroxylation is 1. The van der Waals surface area contributed by atoms with Gasteiger partial charge >= 0.3 is 5.97 Å². The zero-order valence-electron chi connectivity index (χ0n) is 20.0. The number of aromatic nitrogens is 1. The van der Waals surface area contributed by atoms with Crippen LogP contribution in [0.3, 0.4) is 0 Å². The zero-order chi connectivity index (χ0) is 24.6. The van der Waals surface area contributed by atoms with Crippen LogP contribution in [-0.2, 0) is 9.53 Å². The molecular formula is C27H29N3O5. The first kappa shape index (κ1) is 24.1. The first-order valence-corrected chi connectivity index (χ1v) is 11.6. The third-order valence-electron chi connectivity index (χ3n) is 5.66. The monoisotopic (exact) mass is 475 g/mol. The Morgan fingerprint density at radius 3 is 2.09 bits per heavy atom. The smallest absolute Gasteiger partial charge is 0.339 e. The maximum Gasteiger partial charge on any atom is 0.339 e. The number of pyridine rings is 1. The van der Waals surface area contributed by atoms with E-state index in [1.807, 2.05) is 43.3 Å². The van der Waals surface area contributed by atoms with Gasteiger partial charge < -0.3 is 24.0 Å². The number of benzene rings is 2. The minimum absolute atomic E-state index is 0.0232. The Hall–Kier alpha value is -4.07. The van der Waals surface area contributed by atoms with Crippen molar-refractivity contribution in [2.24, 2.45) is 0 Å². The molecule has 1 amide bonds. The Labute approximate surface area is 205 Å². The van der Waals surface area contributed by atoms with Gasteiger partial charge in [0.05, 0.1) is 12.2 Å². The van der Waals surface area contributed by atoms with Gasteiger partial charge in [-0.3, -0.25) is 4.79 Å². The number of hydrogen-bond acceptors (Lipinski definition) is 7. The Kier molecular flexibility index (Phi) is 7.82. The van der Waals surface area contributed by atoms with E-state index in [0.717, 1.165) is 11.6 Å². The highest BCUT2D eigenvalue weighted by Crippen LogP contribution is 2.24. The second-order valence-corrected chi connectivity index (χ2v) is 8.17. The lowest BCUT2D eigenvalue weighted by Crippen LogP contribution is -2.50. The van der Waals surface area contributed by atoms with Crippen molar-refractivity contribution in [1.82, 2.24) is 9.88 Å². The molecule has 1 aliphatic rings. The van der Waals surface area contributed by atoms with Crippen LogP contribution in [0.5, 0.6) is 17.2 Å². The molecule has 1 aliphatic heterocycles. The van der Waals surface area contributed by atoms with Gasteiger partial charge in [-0.25, -0.2) is 9.78 Å². The molecule has 0 bridgehead atoms. The van der Waals surface area contributed by atoms with Crippen LogP contribution in [0.25, 0.3) is 0 Å². The molecule has 0 unspecified atom stereocenters. The molecule has 0 radical (unpaired) electrons. The molecular weight excluding hydrogens is 446 g/mol. The number of nitrogens with zero attached hydrogens (tertiary/aromatic N) is 3. The molecule has 8 heteroatoms. The topological polar surface area (TPSA) is 81.2 Å². The number of amides is 1. The Morgan fingerprint density at radius 1 is 0.857 bits per heavy atom. The highest BCUT2D eigenvalue weighted by atomic mass is 16.5. The quantitative estimate of drug-likeness (QED) is 0.454. The molecule has 35 heavy (non-hydrogen) atoms. The molecule has 2 heterocycles. The summed E-state index contributed by atoms with van der Waals surface area (Å²) in [6.07, 6.45) is 1.52. The predicted molar refractivity (Wildman–Crippen MR) is 132 cm³/mol. The molecule has 1 saturated heterocycles. The zero-order valence-corrected chi connectivity index (χ0v) is 20.0. The molecule has 0 spiro atoms. The Bertz CT molecular complexity index is 1120. The predicted octanol–water partition coefficient (Wildman–Crippen LogP) is 4.09. The molecule has 0 atom stereocenters. The summed E-state index contributed by atoms with van der Waals surface area (Å²) in [4.78, 5) is 32.7. The molecule has 1 aromatic heterocycles. The van der Waals surface area contributed by atoms with Crippen molar-refractivity contribution < 1.29 is 23.8 Å². The van der Waals surface area contributed by atoms with E-state index >= 15 is 0 Å². The van der Waals surface area contributed by atoms with Gasteiger partial charge in [0.2, 0.25) is 0 Å². The molecule has 2 aromatic carbocycles. The molecule has 0 N–H and O–H groups in total. The number of carbonyl (C=O) groups is 2. The number of carbonyl (C=O) groups excluding carboxylic acids is 2. The first-order chi connectivity index (χ1) is 17.0. The highest BCUT2D eigenvalue weighted by Gasteiger charge is 2.22. The van der Waals surface area contributed by atoms with Crippen molar-refractivity contribution in [3.63, 3.8) is 0 Å². The molecule has 1 fully saturated rings. The van der Waals surface area contributed by atoms with Gasteiger partial charge in [-0.05, 0) is 62.4 Å². The fourth-order valence-corrected chi connectivity index (χ4v) is 3.68. The lowest BCUT2D eigenvalue weighted by atomic mass is 10.2. The van der Waals surface area contributed by atoms with E-state index in [-0.39, 0.29) is 18.5 Å². The van der Waals surface area contributed by atoms with Crippen molar-refractivity contribution in [1.29, 1.82) is 0 Å². The van der Waals surface area contributed by atoms with E-state index in [2.05, 4.69) is 9.88 Å². The average molecular weight is 476 g/mol. The summed E-state index contributed by atoms with van der Waals surface area (Å²) in [6.45, 7) is 6.56. The minimum atomic E-state index is -0.379. The highest BCUT2D eigenvalue weighted by molar-refractivity contribution is 5.89. The van der Waals surface area contributed by atoms with Gasteiger partial charge in [-0.15, -0.1) is 0 Å². The normalized spacial score (nSPS) is 13.3. The van der Waals surface area contributed by atoms with Crippen molar-refractivity contribution in [2.45, 2.75) is 13.8 Å². The fourth-order valence-electron chi connectivity index (χ4n) is 3.68. The van der Waals surface area contributed by atoms with E-state index in [9.17, 15) is 9.59 Å². The van der Waals surface area contributed by atoms with Gasteiger partial charge in [-0.1, -0.05) is 17.7 Å². The largest absolute Gasteiger partial charge is 0.484 e. The van der Waals surface area contributed by atoms with E-state index < -0.39 is 0 Å². The summed E-state index contributed by atoms with van der Waals surface area (Å²) >= 11 is 0.